The lowest BCUT2D eigenvalue weighted by Gasteiger charge is -2.08. The van der Waals surface area contributed by atoms with Crippen molar-refractivity contribution in [3.63, 3.8) is 0 Å². The Morgan fingerprint density at radius 1 is 1.48 bits per heavy atom. The van der Waals surface area contributed by atoms with E-state index in [1.807, 2.05) is 29.6 Å². The molecule has 1 fully saturated rings. The number of ether oxygens (including phenoxy) is 1. The topological polar surface area (TPSA) is 51.2 Å². The lowest BCUT2D eigenvalue weighted by atomic mass is 10.3. The Kier molecular flexibility index (Phi) is 4.20. The minimum absolute atomic E-state index is 0.110. The number of benzene rings is 1. The first-order valence-corrected chi connectivity index (χ1v) is 8.09. The van der Waals surface area contributed by atoms with Crippen molar-refractivity contribution in [2.45, 2.75) is 32.8 Å². The van der Waals surface area contributed by atoms with Gasteiger partial charge < -0.3 is 10.1 Å². The number of nitrogens with one attached hydrogen (secondary N) is 1. The Labute approximate surface area is 128 Å². The maximum absolute atomic E-state index is 11.7. The number of rotatable bonds is 6. The Morgan fingerprint density at radius 2 is 2.33 bits per heavy atom. The van der Waals surface area contributed by atoms with E-state index in [1.54, 1.807) is 11.3 Å². The van der Waals surface area contributed by atoms with Crippen molar-refractivity contribution in [3.05, 3.63) is 40.3 Å². The highest BCUT2D eigenvalue weighted by atomic mass is 32.1. The molecule has 0 aliphatic heterocycles. The minimum atomic E-state index is 0.110. The second kappa shape index (κ2) is 6.26. The fourth-order valence-electron chi connectivity index (χ4n) is 1.99. The Morgan fingerprint density at radius 3 is 3.05 bits per heavy atom. The van der Waals surface area contributed by atoms with E-state index in [9.17, 15) is 4.79 Å². The molecule has 1 aromatic carbocycles. The van der Waals surface area contributed by atoms with Crippen molar-refractivity contribution < 1.29 is 9.53 Å². The van der Waals surface area contributed by atoms with Gasteiger partial charge in [-0.2, -0.15) is 0 Å². The Balaban J connectivity index is 1.58. The number of thiazole rings is 1. The second-order valence-electron chi connectivity index (χ2n) is 5.17. The van der Waals surface area contributed by atoms with E-state index in [4.69, 9.17) is 4.74 Å². The summed E-state index contributed by atoms with van der Waals surface area (Å²) in [5.74, 6) is 1.06. The molecule has 21 heavy (non-hydrogen) atoms. The highest BCUT2D eigenvalue weighted by Crippen LogP contribution is 2.30. The van der Waals surface area contributed by atoms with E-state index < -0.39 is 0 Å². The van der Waals surface area contributed by atoms with E-state index in [0.717, 1.165) is 41.4 Å². The van der Waals surface area contributed by atoms with Crippen LogP contribution in [-0.4, -0.2) is 10.9 Å². The second-order valence-corrected chi connectivity index (χ2v) is 6.11. The van der Waals surface area contributed by atoms with Gasteiger partial charge in [-0.1, -0.05) is 13.0 Å². The van der Waals surface area contributed by atoms with E-state index in [1.165, 1.54) is 0 Å². The molecular formula is C16H18N2O2S. The smallest absolute Gasteiger partial charge is 0.227 e. The van der Waals surface area contributed by atoms with E-state index in [-0.39, 0.29) is 11.8 Å². The van der Waals surface area contributed by atoms with Crippen molar-refractivity contribution in [2.75, 3.05) is 5.32 Å². The third-order valence-corrected chi connectivity index (χ3v) is 4.38. The first-order chi connectivity index (χ1) is 10.2. The normalized spacial score (nSPS) is 14.0. The summed E-state index contributed by atoms with van der Waals surface area (Å²) in [5.41, 5.74) is 1.74. The van der Waals surface area contributed by atoms with Crippen molar-refractivity contribution in [1.29, 1.82) is 0 Å². The summed E-state index contributed by atoms with van der Waals surface area (Å²) in [6, 6.07) is 7.51. The van der Waals surface area contributed by atoms with Gasteiger partial charge in [0.2, 0.25) is 5.91 Å². The molecule has 1 aromatic heterocycles. The number of aromatic nitrogens is 1. The van der Waals surface area contributed by atoms with Gasteiger partial charge >= 0.3 is 0 Å². The molecule has 5 heteroatoms. The van der Waals surface area contributed by atoms with Gasteiger partial charge in [0.15, 0.2) is 0 Å². The number of carbonyl (C=O) groups excluding carboxylic acids is 1. The van der Waals surface area contributed by atoms with Crippen LogP contribution in [0.5, 0.6) is 5.75 Å². The number of nitrogens with zero attached hydrogens (tertiary/aromatic N) is 1. The summed E-state index contributed by atoms with van der Waals surface area (Å²) in [4.78, 5) is 16.2. The molecule has 1 heterocycles. The molecule has 1 saturated carbocycles. The maximum atomic E-state index is 11.7. The number of hydrogen-bond acceptors (Lipinski definition) is 4. The lowest BCUT2D eigenvalue weighted by Crippen LogP contribution is -2.13. The van der Waals surface area contributed by atoms with Gasteiger partial charge in [-0.3, -0.25) is 4.79 Å². The lowest BCUT2D eigenvalue weighted by molar-refractivity contribution is -0.117. The van der Waals surface area contributed by atoms with Crippen molar-refractivity contribution >= 4 is 22.9 Å². The summed E-state index contributed by atoms with van der Waals surface area (Å²) in [5, 5.41) is 6.07. The molecule has 0 spiro atoms. The number of aryl methyl sites for hydroxylation is 1. The van der Waals surface area contributed by atoms with E-state index >= 15 is 0 Å². The zero-order chi connectivity index (χ0) is 14.7. The first kappa shape index (κ1) is 14.1. The van der Waals surface area contributed by atoms with Crippen LogP contribution in [0.3, 0.4) is 0 Å². The van der Waals surface area contributed by atoms with Crippen LogP contribution >= 0.6 is 11.3 Å². The van der Waals surface area contributed by atoms with Crippen molar-refractivity contribution in [2.24, 2.45) is 5.92 Å². The molecule has 0 unspecified atom stereocenters. The highest BCUT2D eigenvalue weighted by molar-refractivity contribution is 7.09. The molecule has 4 nitrogen and oxygen atoms in total. The van der Waals surface area contributed by atoms with Crippen molar-refractivity contribution in [1.82, 2.24) is 4.98 Å². The van der Waals surface area contributed by atoms with Gasteiger partial charge in [0, 0.05) is 23.1 Å². The van der Waals surface area contributed by atoms with Crippen LogP contribution in [0.15, 0.2) is 29.6 Å². The van der Waals surface area contributed by atoms with E-state index in [2.05, 4.69) is 17.2 Å². The number of carbonyl (C=O) groups is 1. The summed E-state index contributed by atoms with van der Waals surface area (Å²) in [6.07, 6.45) is 2.96. The summed E-state index contributed by atoms with van der Waals surface area (Å²) >= 11 is 1.66. The molecule has 1 N–H and O–H groups in total. The quantitative estimate of drug-likeness (QED) is 0.886. The highest BCUT2D eigenvalue weighted by Gasteiger charge is 2.29. The molecule has 0 atom stereocenters. The molecule has 0 saturated heterocycles. The van der Waals surface area contributed by atoms with Gasteiger partial charge in [0.25, 0.3) is 0 Å². The van der Waals surface area contributed by atoms with Crippen LogP contribution in [0.2, 0.25) is 0 Å². The van der Waals surface area contributed by atoms with Gasteiger partial charge in [-0.05, 0) is 31.4 Å². The van der Waals surface area contributed by atoms with E-state index in [0.29, 0.717) is 6.61 Å². The SMILES string of the molecule is CCc1nc(COc2cccc(NC(=O)C3CC3)c2)cs1. The Hall–Kier alpha value is -1.88. The molecule has 1 aliphatic rings. The predicted octanol–water partition coefficient (Wildman–Crippen LogP) is 3.63. The third kappa shape index (κ3) is 3.82. The minimum Gasteiger partial charge on any atom is -0.487 e. The maximum Gasteiger partial charge on any atom is 0.227 e. The van der Waals surface area contributed by atoms with Crippen LogP contribution in [0.25, 0.3) is 0 Å². The zero-order valence-corrected chi connectivity index (χ0v) is 12.8. The summed E-state index contributed by atoms with van der Waals surface area (Å²) < 4.78 is 5.74. The van der Waals surface area contributed by atoms with Crippen LogP contribution in [0, 0.1) is 5.92 Å². The fourth-order valence-corrected chi connectivity index (χ4v) is 2.72. The molecule has 3 rings (SSSR count). The number of amides is 1. The van der Waals surface area contributed by atoms with Crippen LogP contribution in [-0.2, 0) is 17.8 Å². The number of hydrogen-bond donors (Lipinski definition) is 1. The molecule has 1 amide bonds. The number of anilines is 1. The Bertz CT molecular complexity index is 635. The van der Waals surface area contributed by atoms with Gasteiger partial charge in [0.1, 0.15) is 12.4 Å². The summed E-state index contributed by atoms with van der Waals surface area (Å²) in [7, 11) is 0. The monoisotopic (exact) mass is 302 g/mol. The standard InChI is InChI=1S/C16H18N2O2S/c1-2-15-17-13(10-21-15)9-20-14-5-3-4-12(8-14)18-16(19)11-6-7-11/h3-5,8,10-11H,2,6-7,9H2,1H3,(H,18,19). The largest absolute Gasteiger partial charge is 0.487 e. The van der Waals surface area contributed by atoms with Crippen molar-refractivity contribution in [3.8, 4) is 5.75 Å². The van der Waals surface area contributed by atoms with Gasteiger partial charge in [0.05, 0.1) is 10.7 Å². The van der Waals surface area contributed by atoms with Gasteiger partial charge in [-0.15, -0.1) is 11.3 Å². The van der Waals surface area contributed by atoms with Crippen LogP contribution < -0.4 is 10.1 Å². The fraction of sp³-hybridized carbons (Fsp3) is 0.375. The van der Waals surface area contributed by atoms with Crippen LogP contribution in [0.1, 0.15) is 30.5 Å². The molecule has 110 valence electrons. The van der Waals surface area contributed by atoms with Crippen LogP contribution in [0.4, 0.5) is 5.69 Å². The first-order valence-electron chi connectivity index (χ1n) is 7.21. The van der Waals surface area contributed by atoms with Gasteiger partial charge in [-0.25, -0.2) is 4.98 Å². The summed E-state index contributed by atoms with van der Waals surface area (Å²) in [6.45, 7) is 2.55. The zero-order valence-electron chi connectivity index (χ0n) is 12.0. The third-order valence-electron chi connectivity index (χ3n) is 3.34. The molecule has 1 aliphatic carbocycles. The average molecular weight is 302 g/mol. The molecule has 0 bridgehead atoms. The molecular weight excluding hydrogens is 284 g/mol. The predicted molar refractivity (Wildman–Crippen MR) is 83.6 cm³/mol. The molecule has 0 radical (unpaired) electrons. The molecule has 2 aromatic rings. The average Bonchev–Trinajstić information content (AvgIpc) is 3.25.